The molecule has 23 heavy (non-hydrogen) atoms. The number of carbonyl (C=O) groups is 1. The highest BCUT2D eigenvalue weighted by Crippen LogP contribution is 2.30. The Morgan fingerprint density at radius 1 is 1.39 bits per heavy atom. The Morgan fingerprint density at radius 2 is 2.09 bits per heavy atom. The summed E-state index contributed by atoms with van der Waals surface area (Å²) in [6, 6.07) is 0. The monoisotopic (exact) mass is 321 g/mol. The zero-order valence-electron chi connectivity index (χ0n) is 14.2. The molecule has 0 aromatic rings. The van der Waals surface area contributed by atoms with Crippen molar-refractivity contribution >= 4 is 5.91 Å². The maximum atomic E-state index is 13.2. The summed E-state index contributed by atoms with van der Waals surface area (Å²) in [7, 11) is 0. The van der Waals surface area contributed by atoms with Gasteiger partial charge < -0.3 is 10.1 Å². The van der Waals surface area contributed by atoms with E-state index >= 15 is 0 Å². The number of hydrogen-bond acceptors (Lipinski definition) is 2. The first-order valence-corrected chi connectivity index (χ1v) is 8.15. The number of amides is 1. The van der Waals surface area contributed by atoms with E-state index in [1.165, 1.54) is 12.2 Å². The zero-order valence-corrected chi connectivity index (χ0v) is 14.2. The Balaban J connectivity index is 2.65. The summed E-state index contributed by atoms with van der Waals surface area (Å²) in [6.45, 7) is 15.3. The molecule has 2 atom stereocenters. The van der Waals surface area contributed by atoms with E-state index in [1.54, 1.807) is 0 Å². The van der Waals surface area contributed by atoms with Gasteiger partial charge in [0.1, 0.15) is 11.6 Å². The van der Waals surface area contributed by atoms with Crippen molar-refractivity contribution in [1.82, 2.24) is 5.32 Å². The van der Waals surface area contributed by atoms with Crippen LogP contribution >= 0.6 is 0 Å². The van der Waals surface area contributed by atoms with Gasteiger partial charge in [-0.05, 0) is 49.2 Å². The smallest absolute Gasteiger partial charge is 0.243 e. The molecular formula is C19H28FNO2. The third kappa shape index (κ3) is 6.85. The van der Waals surface area contributed by atoms with E-state index in [9.17, 15) is 9.18 Å². The van der Waals surface area contributed by atoms with Crippen LogP contribution in [0.15, 0.2) is 49.0 Å². The van der Waals surface area contributed by atoms with Crippen LogP contribution in [0.25, 0.3) is 0 Å². The lowest BCUT2D eigenvalue weighted by Gasteiger charge is -2.31. The zero-order chi connectivity index (χ0) is 17.4. The van der Waals surface area contributed by atoms with E-state index in [4.69, 9.17) is 4.74 Å². The maximum absolute atomic E-state index is 13.2. The molecule has 0 aromatic heterocycles. The minimum Gasteiger partial charge on any atom is -0.490 e. The number of rotatable bonds is 8. The van der Waals surface area contributed by atoms with Gasteiger partial charge >= 0.3 is 0 Å². The van der Waals surface area contributed by atoms with Crippen molar-refractivity contribution in [3.8, 4) is 0 Å². The van der Waals surface area contributed by atoms with E-state index in [0.29, 0.717) is 18.2 Å². The van der Waals surface area contributed by atoms with Gasteiger partial charge in [0.2, 0.25) is 5.91 Å². The second-order valence-corrected chi connectivity index (χ2v) is 6.36. The van der Waals surface area contributed by atoms with Crippen LogP contribution in [0.1, 0.15) is 39.5 Å². The molecule has 0 spiro atoms. The molecule has 1 aliphatic carbocycles. The van der Waals surface area contributed by atoms with Crippen molar-refractivity contribution in [1.29, 1.82) is 0 Å². The first-order chi connectivity index (χ1) is 10.8. The van der Waals surface area contributed by atoms with Crippen molar-refractivity contribution in [3.63, 3.8) is 0 Å². The summed E-state index contributed by atoms with van der Waals surface area (Å²) in [5, 5.41) is 2.83. The fraction of sp³-hybridized carbons (Fsp3) is 0.526. The average molecular weight is 321 g/mol. The first kappa shape index (κ1) is 19.2. The molecule has 0 radical (unpaired) electrons. The number of nitrogens with one attached hydrogen (secondary N) is 1. The highest BCUT2D eigenvalue weighted by atomic mass is 19.1. The van der Waals surface area contributed by atoms with Crippen molar-refractivity contribution in [3.05, 3.63) is 49.0 Å². The Bertz CT molecular complexity index is 494. The summed E-state index contributed by atoms with van der Waals surface area (Å²) in [6.07, 6.45) is 6.43. The fourth-order valence-corrected chi connectivity index (χ4v) is 2.66. The van der Waals surface area contributed by atoms with Gasteiger partial charge in [0, 0.05) is 12.6 Å². The fourth-order valence-electron chi connectivity index (χ4n) is 2.66. The van der Waals surface area contributed by atoms with E-state index in [1.807, 2.05) is 13.8 Å². The van der Waals surface area contributed by atoms with Crippen LogP contribution in [0, 0.1) is 11.8 Å². The van der Waals surface area contributed by atoms with Crippen LogP contribution in [-0.2, 0) is 9.53 Å². The van der Waals surface area contributed by atoms with Crippen LogP contribution in [0.5, 0.6) is 0 Å². The molecule has 0 bridgehead atoms. The van der Waals surface area contributed by atoms with Gasteiger partial charge in [0.25, 0.3) is 0 Å². The number of allylic oxidation sites excluding steroid dienone is 3. The summed E-state index contributed by atoms with van der Waals surface area (Å²) in [4.78, 5) is 11.3. The summed E-state index contributed by atoms with van der Waals surface area (Å²) < 4.78 is 19.2. The Morgan fingerprint density at radius 3 is 2.65 bits per heavy atom. The predicted octanol–water partition coefficient (Wildman–Crippen LogP) is 4.44. The van der Waals surface area contributed by atoms with Gasteiger partial charge in [-0.1, -0.05) is 33.6 Å². The van der Waals surface area contributed by atoms with Gasteiger partial charge in [-0.15, -0.1) is 0 Å². The Kier molecular flexibility index (Phi) is 7.79. The molecule has 3 nitrogen and oxygen atoms in total. The molecular weight excluding hydrogens is 293 g/mol. The Labute approximate surface area is 139 Å². The highest BCUT2D eigenvalue weighted by Gasteiger charge is 2.25. The number of hydrogen-bond donors (Lipinski definition) is 1. The average Bonchev–Trinajstić information content (AvgIpc) is 2.51. The van der Waals surface area contributed by atoms with Gasteiger partial charge in [-0.2, -0.15) is 0 Å². The number of halogens is 1. The molecule has 128 valence electrons. The second kappa shape index (κ2) is 9.33. The van der Waals surface area contributed by atoms with Gasteiger partial charge in [-0.25, -0.2) is 4.39 Å². The lowest BCUT2D eigenvalue weighted by Crippen LogP contribution is -2.33. The minimum absolute atomic E-state index is 0.00971. The standard InChI is InChI=1S/C19H28FNO2/c1-6-19(22)21-12-16-8-7-9-17(11-16)23-18(10-14(4)20)15(5)13(2)3/h6,10,13,16-17H,1,4-5,7-9,11-12H2,2-3H3,(H,21,22)/b18-10+. The summed E-state index contributed by atoms with van der Waals surface area (Å²) >= 11 is 0. The molecule has 1 N–H and O–H groups in total. The molecule has 0 aromatic carbocycles. The molecule has 1 saturated carbocycles. The van der Waals surface area contributed by atoms with Gasteiger partial charge in [0.15, 0.2) is 0 Å². The van der Waals surface area contributed by atoms with Gasteiger partial charge in [-0.3, -0.25) is 4.79 Å². The number of ether oxygens (including phenoxy) is 1. The van der Waals surface area contributed by atoms with Crippen LogP contribution in [0.3, 0.4) is 0 Å². The minimum atomic E-state index is -0.535. The van der Waals surface area contributed by atoms with E-state index < -0.39 is 5.83 Å². The topological polar surface area (TPSA) is 38.3 Å². The van der Waals surface area contributed by atoms with Crippen LogP contribution in [0.4, 0.5) is 4.39 Å². The van der Waals surface area contributed by atoms with Crippen LogP contribution < -0.4 is 5.32 Å². The lowest BCUT2D eigenvalue weighted by atomic mass is 9.87. The van der Waals surface area contributed by atoms with Crippen molar-refractivity contribution in [2.24, 2.45) is 11.8 Å². The van der Waals surface area contributed by atoms with Crippen molar-refractivity contribution in [2.75, 3.05) is 6.54 Å². The molecule has 1 amide bonds. The molecule has 1 rings (SSSR count). The second-order valence-electron chi connectivity index (χ2n) is 6.36. The molecule has 2 unspecified atom stereocenters. The van der Waals surface area contributed by atoms with Crippen molar-refractivity contribution < 1.29 is 13.9 Å². The van der Waals surface area contributed by atoms with Crippen molar-refractivity contribution in [2.45, 2.75) is 45.6 Å². The SMILES string of the molecule is C=CC(=O)NCC1CCCC(O/C(=C/C(=C)F)C(=C)C(C)C)C1. The molecule has 0 heterocycles. The molecule has 0 aliphatic heterocycles. The molecule has 1 aliphatic rings. The normalized spacial score (nSPS) is 21.7. The van der Waals surface area contributed by atoms with Gasteiger partial charge in [0.05, 0.1) is 6.10 Å². The summed E-state index contributed by atoms with van der Waals surface area (Å²) in [5.41, 5.74) is 0.769. The predicted molar refractivity (Wildman–Crippen MR) is 92.3 cm³/mol. The summed E-state index contributed by atoms with van der Waals surface area (Å²) in [5.74, 6) is 0.322. The highest BCUT2D eigenvalue weighted by molar-refractivity contribution is 5.86. The molecule has 1 fully saturated rings. The molecule has 4 heteroatoms. The van der Waals surface area contributed by atoms with E-state index in [2.05, 4.69) is 25.1 Å². The largest absolute Gasteiger partial charge is 0.490 e. The Hall–Kier alpha value is -1.84. The van der Waals surface area contributed by atoms with Crippen LogP contribution in [-0.4, -0.2) is 18.6 Å². The molecule has 0 saturated heterocycles. The third-order valence-electron chi connectivity index (χ3n) is 4.08. The van der Waals surface area contributed by atoms with E-state index in [0.717, 1.165) is 31.3 Å². The van der Waals surface area contributed by atoms with Crippen LogP contribution in [0.2, 0.25) is 0 Å². The van der Waals surface area contributed by atoms with E-state index in [-0.39, 0.29) is 17.9 Å². The quantitative estimate of drug-likeness (QED) is 0.408. The third-order valence-corrected chi connectivity index (χ3v) is 4.08. The first-order valence-electron chi connectivity index (χ1n) is 8.15. The maximum Gasteiger partial charge on any atom is 0.243 e. The number of carbonyl (C=O) groups excluding carboxylic acids is 1. The lowest BCUT2D eigenvalue weighted by molar-refractivity contribution is -0.116.